The van der Waals surface area contributed by atoms with Crippen molar-refractivity contribution in [2.45, 2.75) is 11.9 Å². The number of nitrogens with one attached hydrogen (secondary N) is 1. The minimum absolute atomic E-state index is 0.0992. The van der Waals surface area contributed by atoms with Crippen molar-refractivity contribution in [3.63, 3.8) is 0 Å². The first-order chi connectivity index (χ1) is 14.0. The molecule has 4 rings (SSSR count). The zero-order valence-corrected chi connectivity index (χ0v) is 16.1. The number of hydrogen-bond donors (Lipinski definition) is 1. The molecule has 1 amide bonds. The predicted molar refractivity (Wildman–Crippen MR) is 107 cm³/mol. The number of thioether (sulfide) groups is 1. The maximum atomic E-state index is 13.6. The van der Waals surface area contributed by atoms with E-state index in [9.17, 15) is 13.6 Å². The Balaban J connectivity index is 1.48. The SMILES string of the molecule is Cc1ccc(NC(=O)CSc2ccc3nnc(-c4ccc(F)cc4)n3n2)cc1F. The Bertz CT molecular complexity index is 1190. The van der Waals surface area contributed by atoms with Crippen molar-refractivity contribution in [2.75, 3.05) is 11.1 Å². The van der Waals surface area contributed by atoms with Crippen molar-refractivity contribution in [1.82, 2.24) is 19.8 Å². The number of rotatable bonds is 5. The molecule has 0 aliphatic rings. The van der Waals surface area contributed by atoms with Gasteiger partial charge < -0.3 is 5.32 Å². The van der Waals surface area contributed by atoms with Gasteiger partial charge in [0.2, 0.25) is 5.91 Å². The summed E-state index contributed by atoms with van der Waals surface area (Å²) in [5, 5.41) is 15.9. The average molecular weight is 411 g/mol. The molecule has 0 radical (unpaired) electrons. The third-order valence-corrected chi connectivity index (χ3v) is 5.07. The Hall–Kier alpha value is -3.33. The minimum atomic E-state index is -0.372. The molecule has 2 aromatic carbocycles. The van der Waals surface area contributed by atoms with Gasteiger partial charge in [-0.25, -0.2) is 8.78 Å². The van der Waals surface area contributed by atoms with Crippen LogP contribution < -0.4 is 5.32 Å². The number of aromatic nitrogens is 4. The summed E-state index contributed by atoms with van der Waals surface area (Å²) >= 11 is 1.23. The number of carbonyl (C=O) groups is 1. The molecule has 6 nitrogen and oxygen atoms in total. The summed E-state index contributed by atoms with van der Waals surface area (Å²) in [6.45, 7) is 1.66. The van der Waals surface area contributed by atoms with Crippen LogP contribution in [0.4, 0.5) is 14.5 Å². The fraction of sp³-hybridized carbons (Fsp3) is 0.100. The Labute approximate surface area is 169 Å². The van der Waals surface area contributed by atoms with E-state index in [0.717, 1.165) is 0 Å². The Morgan fingerprint density at radius 1 is 1.07 bits per heavy atom. The first-order valence-corrected chi connectivity index (χ1v) is 9.65. The highest BCUT2D eigenvalue weighted by atomic mass is 32.2. The number of amides is 1. The molecule has 0 unspecified atom stereocenters. The van der Waals surface area contributed by atoms with E-state index in [1.54, 1.807) is 47.8 Å². The second kappa shape index (κ2) is 7.96. The molecular formula is C20H15F2N5OS. The first kappa shape index (κ1) is 19.0. The van der Waals surface area contributed by atoms with Crippen LogP contribution in [0.3, 0.4) is 0 Å². The van der Waals surface area contributed by atoms with Gasteiger partial charge in [0.15, 0.2) is 11.5 Å². The Morgan fingerprint density at radius 2 is 1.86 bits per heavy atom. The predicted octanol–water partition coefficient (Wildman–Crippen LogP) is 4.11. The van der Waals surface area contributed by atoms with Crippen LogP contribution in [-0.4, -0.2) is 31.5 Å². The lowest BCUT2D eigenvalue weighted by Crippen LogP contribution is -2.14. The third-order valence-electron chi connectivity index (χ3n) is 4.15. The summed E-state index contributed by atoms with van der Waals surface area (Å²) in [6.07, 6.45) is 0. The molecule has 1 N–H and O–H groups in total. The minimum Gasteiger partial charge on any atom is -0.325 e. The maximum absolute atomic E-state index is 13.6. The summed E-state index contributed by atoms with van der Waals surface area (Å²) in [5.74, 6) is -0.415. The van der Waals surface area contributed by atoms with Gasteiger partial charge >= 0.3 is 0 Å². The van der Waals surface area contributed by atoms with Crippen molar-refractivity contribution in [3.8, 4) is 11.4 Å². The molecule has 0 saturated heterocycles. The maximum Gasteiger partial charge on any atom is 0.234 e. The molecule has 9 heteroatoms. The van der Waals surface area contributed by atoms with Crippen molar-refractivity contribution >= 4 is 29.0 Å². The lowest BCUT2D eigenvalue weighted by atomic mass is 10.2. The van der Waals surface area contributed by atoms with Crippen molar-refractivity contribution in [2.24, 2.45) is 0 Å². The van der Waals surface area contributed by atoms with Gasteiger partial charge in [-0.2, -0.15) is 9.61 Å². The lowest BCUT2D eigenvalue weighted by molar-refractivity contribution is -0.113. The van der Waals surface area contributed by atoms with Crippen LogP contribution in [0.15, 0.2) is 59.6 Å². The summed E-state index contributed by atoms with van der Waals surface area (Å²) in [5.41, 5.74) is 2.13. The quantitative estimate of drug-likeness (QED) is 0.501. The Morgan fingerprint density at radius 3 is 2.62 bits per heavy atom. The third kappa shape index (κ3) is 4.24. The van der Waals surface area contributed by atoms with E-state index in [2.05, 4.69) is 20.6 Å². The summed E-state index contributed by atoms with van der Waals surface area (Å²) in [6, 6.07) is 13.9. The van der Waals surface area contributed by atoms with Gasteiger partial charge in [0.25, 0.3) is 0 Å². The van der Waals surface area contributed by atoms with Crippen LogP contribution in [0.5, 0.6) is 0 Å². The molecular weight excluding hydrogens is 396 g/mol. The summed E-state index contributed by atoms with van der Waals surface area (Å²) < 4.78 is 28.3. The molecule has 29 heavy (non-hydrogen) atoms. The molecule has 0 bridgehead atoms. The molecule has 146 valence electrons. The number of benzene rings is 2. The van der Waals surface area contributed by atoms with E-state index in [-0.39, 0.29) is 23.3 Å². The van der Waals surface area contributed by atoms with E-state index < -0.39 is 0 Å². The van der Waals surface area contributed by atoms with Gasteiger partial charge in [-0.3, -0.25) is 4.79 Å². The van der Waals surface area contributed by atoms with Crippen LogP contribution in [0, 0.1) is 18.6 Å². The number of carbonyl (C=O) groups excluding carboxylic acids is 1. The highest BCUT2D eigenvalue weighted by Gasteiger charge is 2.12. The highest BCUT2D eigenvalue weighted by Crippen LogP contribution is 2.21. The van der Waals surface area contributed by atoms with Crippen LogP contribution in [0.2, 0.25) is 0 Å². The zero-order chi connectivity index (χ0) is 20.4. The Kier molecular flexibility index (Phi) is 5.22. The van der Waals surface area contributed by atoms with E-state index in [1.165, 1.54) is 30.0 Å². The zero-order valence-electron chi connectivity index (χ0n) is 15.3. The molecule has 4 aromatic rings. The molecule has 0 saturated carbocycles. The standard InChI is InChI=1S/C20H15F2N5OS/c1-12-2-7-15(10-16(12)22)23-18(28)11-29-19-9-8-17-24-25-20(27(17)26-19)13-3-5-14(21)6-4-13/h2-10H,11H2,1H3,(H,23,28). The number of halogens is 2. The number of fused-ring (bicyclic) bond motifs is 1. The lowest BCUT2D eigenvalue weighted by Gasteiger charge is -2.06. The van der Waals surface area contributed by atoms with Crippen LogP contribution in [0.1, 0.15) is 5.56 Å². The molecule has 2 aromatic heterocycles. The van der Waals surface area contributed by atoms with Crippen LogP contribution in [0.25, 0.3) is 17.0 Å². The van der Waals surface area contributed by atoms with E-state index >= 15 is 0 Å². The number of anilines is 1. The number of hydrogen-bond acceptors (Lipinski definition) is 5. The fourth-order valence-corrected chi connectivity index (χ4v) is 3.29. The van der Waals surface area contributed by atoms with Gasteiger partial charge in [-0.05, 0) is 61.0 Å². The normalized spacial score (nSPS) is 11.0. The number of nitrogens with zero attached hydrogens (tertiary/aromatic N) is 4. The van der Waals surface area contributed by atoms with Crippen molar-refractivity contribution in [3.05, 3.63) is 71.8 Å². The molecule has 0 atom stereocenters. The average Bonchev–Trinajstić information content (AvgIpc) is 3.13. The van der Waals surface area contributed by atoms with Gasteiger partial charge in [-0.15, -0.1) is 10.2 Å². The largest absolute Gasteiger partial charge is 0.325 e. The molecule has 2 heterocycles. The highest BCUT2D eigenvalue weighted by molar-refractivity contribution is 7.99. The van der Waals surface area contributed by atoms with Gasteiger partial charge in [0.05, 0.1) is 5.75 Å². The smallest absolute Gasteiger partial charge is 0.234 e. The molecule has 0 aliphatic carbocycles. The molecule has 0 fully saturated rings. The van der Waals surface area contributed by atoms with Crippen LogP contribution in [-0.2, 0) is 4.79 Å². The van der Waals surface area contributed by atoms with E-state index in [1.807, 2.05) is 0 Å². The summed E-state index contributed by atoms with van der Waals surface area (Å²) in [7, 11) is 0. The van der Waals surface area contributed by atoms with Gasteiger partial charge in [0.1, 0.15) is 16.7 Å². The summed E-state index contributed by atoms with van der Waals surface area (Å²) in [4.78, 5) is 12.2. The van der Waals surface area contributed by atoms with E-state index in [0.29, 0.717) is 33.3 Å². The second-order valence-corrected chi connectivity index (χ2v) is 7.27. The molecule has 0 aliphatic heterocycles. The topological polar surface area (TPSA) is 72.2 Å². The first-order valence-electron chi connectivity index (χ1n) is 8.67. The van der Waals surface area contributed by atoms with Crippen LogP contribution >= 0.6 is 11.8 Å². The van der Waals surface area contributed by atoms with E-state index in [4.69, 9.17) is 0 Å². The fourth-order valence-electron chi connectivity index (χ4n) is 2.64. The van der Waals surface area contributed by atoms with Gasteiger partial charge in [-0.1, -0.05) is 17.8 Å². The van der Waals surface area contributed by atoms with Crippen molar-refractivity contribution in [1.29, 1.82) is 0 Å². The number of aryl methyl sites for hydroxylation is 1. The van der Waals surface area contributed by atoms with Crippen molar-refractivity contribution < 1.29 is 13.6 Å². The second-order valence-electron chi connectivity index (χ2n) is 6.27. The monoisotopic (exact) mass is 411 g/mol. The molecule has 0 spiro atoms. The van der Waals surface area contributed by atoms with Gasteiger partial charge in [0, 0.05) is 11.3 Å².